The third kappa shape index (κ3) is 5.00. The van der Waals surface area contributed by atoms with Crippen molar-refractivity contribution in [3.8, 4) is 23.0 Å². The molecule has 0 spiro atoms. The Morgan fingerprint density at radius 3 is 2.44 bits per heavy atom. The van der Waals surface area contributed by atoms with E-state index in [2.05, 4.69) is 25.7 Å². The van der Waals surface area contributed by atoms with Crippen LogP contribution in [0.1, 0.15) is 43.3 Å². The van der Waals surface area contributed by atoms with E-state index in [0.29, 0.717) is 30.2 Å². The molecule has 2 N–H and O–H groups in total. The second kappa shape index (κ2) is 10.2. The summed E-state index contributed by atoms with van der Waals surface area (Å²) in [6, 6.07) is 18.0. The predicted molar refractivity (Wildman–Crippen MR) is 139 cm³/mol. The number of hydrogen-bond donors (Lipinski definition) is 2. The van der Waals surface area contributed by atoms with Crippen molar-refractivity contribution >= 4 is 11.8 Å². The average molecular weight is 510 g/mol. The molecule has 0 amide bonds. The number of phenols is 2. The number of halogens is 1. The number of nitrogens with zero attached hydrogens (tertiary/aromatic N) is 1. The Balaban J connectivity index is 1.35. The Morgan fingerprint density at radius 2 is 1.75 bits per heavy atom. The molecular formula is C29H32FNO4S. The zero-order valence-corrected chi connectivity index (χ0v) is 21.5. The molecule has 0 radical (unpaired) electrons. The first kappa shape index (κ1) is 24.8. The Labute approximate surface area is 215 Å². The highest BCUT2D eigenvalue weighted by Gasteiger charge is 2.36. The first-order valence-electron chi connectivity index (χ1n) is 12.4. The van der Waals surface area contributed by atoms with E-state index < -0.39 is 17.7 Å². The van der Waals surface area contributed by atoms with Crippen LogP contribution in [0.3, 0.4) is 0 Å². The lowest BCUT2D eigenvalue weighted by atomic mass is 9.99. The lowest BCUT2D eigenvalue weighted by Gasteiger charge is -2.34. The topological polar surface area (TPSA) is 62.2 Å². The Bertz CT molecular complexity index is 1210. The number of likely N-dealkylation sites (tertiary alicyclic amines) is 1. The van der Waals surface area contributed by atoms with Gasteiger partial charge in [-0.05, 0) is 66.3 Å². The van der Waals surface area contributed by atoms with Crippen LogP contribution in [0.15, 0.2) is 65.6 Å². The van der Waals surface area contributed by atoms with E-state index in [1.165, 1.54) is 17.8 Å². The summed E-state index contributed by atoms with van der Waals surface area (Å²) in [5.41, 5.74) is 1.72. The zero-order valence-electron chi connectivity index (χ0n) is 20.7. The van der Waals surface area contributed by atoms with Crippen molar-refractivity contribution in [3.63, 3.8) is 0 Å². The van der Waals surface area contributed by atoms with Gasteiger partial charge in [0.15, 0.2) is 11.6 Å². The van der Waals surface area contributed by atoms with Crippen LogP contribution in [-0.4, -0.2) is 40.9 Å². The average Bonchev–Trinajstić information content (AvgIpc) is 3.22. The molecule has 5 nitrogen and oxygen atoms in total. The minimum Gasteiger partial charge on any atom is -0.508 e. The van der Waals surface area contributed by atoms with E-state index in [4.69, 9.17) is 9.47 Å². The third-order valence-electron chi connectivity index (χ3n) is 7.35. The molecule has 190 valence electrons. The van der Waals surface area contributed by atoms with Gasteiger partial charge in [0.05, 0.1) is 10.1 Å². The van der Waals surface area contributed by atoms with Gasteiger partial charge in [-0.3, -0.25) is 4.90 Å². The molecule has 3 aromatic rings. The number of benzene rings is 3. The number of aromatic hydroxyl groups is 2. The SMILES string of the molecule is C[C@@H]1CN([C@@H](C)COc2ccc(C3Oc4ccc(O)c(F)c4SC3c3cccc(O)c3)cc2)C[C@H]1C. The summed E-state index contributed by atoms with van der Waals surface area (Å²) in [6.07, 6.45) is -0.422. The Morgan fingerprint density at radius 1 is 1.03 bits per heavy atom. The molecule has 0 aliphatic carbocycles. The maximum Gasteiger partial charge on any atom is 0.182 e. The predicted octanol–water partition coefficient (Wildman–Crippen LogP) is 6.56. The van der Waals surface area contributed by atoms with Crippen LogP contribution in [0.25, 0.3) is 0 Å². The summed E-state index contributed by atoms with van der Waals surface area (Å²) in [6.45, 7) is 9.66. The number of hydrogen-bond acceptors (Lipinski definition) is 6. The van der Waals surface area contributed by atoms with Gasteiger partial charge in [-0.1, -0.05) is 38.1 Å². The molecule has 2 aliphatic rings. The molecule has 1 saturated heterocycles. The van der Waals surface area contributed by atoms with Crippen LogP contribution in [0.4, 0.5) is 4.39 Å². The summed E-state index contributed by atoms with van der Waals surface area (Å²) >= 11 is 1.29. The monoisotopic (exact) mass is 509 g/mol. The van der Waals surface area contributed by atoms with Crippen LogP contribution in [-0.2, 0) is 0 Å². The standard InChI is InChI=1S/C29H32FNO4S/c1-17-14-31(15-18(17)2)19(3)16-34-23-9-7-20(8-10-23)27-28(21-5-4-6-22(32)13-21)36-29-25(35-27)12-11-24(33)26(29)30/h4-13,17-19,27-28,32-33H,14-16H2,1-3H3/t17-,18-,19+,27?,28?/m1/s1. The first-order chi connectivity index (χ1) is 17.3. The van der Waals surface area contributed by atoms with Crippen LogP contribution in [0.2, 0.25) is 0 Å². The molecule has 2 heterocycles. The first-order valence-corrected chi connectivity index (χ1v) is 13.3. The van der Waals surface area contributed by atoms with E-state index in [1.54, 1.807) is 24.3 Å². The van der Waals surface area contributed by atoms with Crippen molar-refractivity contribution in [2.45, 2.75) is 43.1 Å². The van der Waals surface area contributed by atoms with Gasteiger partial charge in [-0.25, -0.2) is 4.39 Å². The summed E-state index contributed by atoms with van der Waals surface area (Å²) in [7, 11) is 0. The van der Waals surface area contributed by atoms with Crippen molar-refractivity contribution in [2.75, 3.05) is 19.7 Å². The van der Waals surface area contributed by atoms with Gasteiger partial charge in [0, 0.05) is 19.1 Å². The Kier molecular flexibility index (Phi) is 7.04. The van der Waals surface area contributed by atoms with Gasteiger partial charge in [-0.15, -0.1) is 11.8 Å². The van der Waals surface area contributed by atoms with Crippen LogP contribution >= 0.6 is 11.8 Å². The third-order valence-corrected chi connectivity index (χ3v) is 8.74. The van der Waals surface area contributed by atoms with Crippen LogP contribution in [0, 0.1) is 17.7 Å². The highest BCUT2D eigenvalue weighted by atomic mass is 32.2. The lowest BCUT2D eigenvalue weighted by Crippen LogP contribution is -2.35. The maximum absolute atomic E-state index is 14.7. The second-order valence-electron chi connectivity index (χ2n) is 10.0. The number of ether oxygens (including phenoxy) is 2. The normalized spacial score (nSPS) is 24.7. The van der Waals surface area contributed by atoms with Crippen molar-refractivity contribution < 1.29 is 24.1 Å². The number of fused-ring (bicyclic) bond motifs is 1. The van der Waals surface area contributed by atoms with Crippen molar-refractivity contribution in [3.05, 3.63) is 77.6 Å². The van der Waals surface area contributed by atoms with Gasteiger partial charge in [0.25, 0.3) is 0 Å². The molecule has 7 heteroatoms. The summed E-state index contributed by atoms with van der Waals surface area (Å²) in [5, 5.41) is 19.6. The van der Waals surface area contributed by atoms with E-state index in [9.17, 15) is 14.6 Å². The molecule has 0 bridgehead atoms. The van der Waals surface area contributed by atoms with E-state index in [1.807, 2.05) is 30.3 Å². The molecule has 36 heavy (non-hydrogen) atoms. The minimum absolute atomic E-state index is 0.133. The molecule has 0 saturated carbocycles. The quantitative estimate of drug-likeness (QED) is 0.392. The molecule has 2 aliphatic heterocycles. The number of phenolic OH excluding ortho intramolecular Hbond substituents is 2. The van der Waals surface area contributed by atoms with Crippen molar-refractivity contribution in [2.24, 2.45) is 11.8 Å². The van der Waals surface area contributed by atoms with Gasteiger partial charge in [-0.2, -0.15) is 0 Å². The highest BCUT2D eigenvalue weighted by Crippen LogP contribution is 2.55. The fourth-order valence-electron chi connectivity index (χ4n) is 4.92. The maximum atomic E-state index is 14.7. The van der Waals surface area contributed by atoms with Crippen LogP contribution < -0.4 is 9.47 Å². The highest BCUT2D eigenvalue weighted by molar-refractivity contribution is 7.99. The molecule has 2 unspecified atom stereocenters. The van der Waals surface area contributed by atoms with Crippen LogP contribution in [0.5, 0.6) is 23.0 Å². The van der Waals surface area contributed by atoms with Crippen molar-refractivity contribution in [1.82, 2.24) is 4.90 Å². The fourth-order valence-corrected chi connectivity index (χ4v) is 6.23. The van der Waals surface area contributed by atoms with Gasteiger partial charge < -0.3 is 19.7 Å². The zero-order chi connectivity index (χ0) is 25.4. The molecule has 1 fully saturated rings. The molecule has 0 aromatic heterocycles. The number of thioether (sulfide) groups is 1. The fraction of sp³-hybridized carbons (Fsp3) is 0.379. The molecular weight excluding hydrogens is 477 g/mol. The summed E-state index contributed by atoms with van der Waals surface area (Å²) in [4.78, 5) is 2.75. The van der Waals surface area contributed by atoms with Gasteiger partial charge >= 0.3 is 0 Å². The molecule has 3 aromatic carbocycles. The van der Waals surface area contributed by atoms with E-state index >= 15 is 0 Å². The van der Waals surface area contributed by atoms with Crippen molar-refractivity contribution in [1.29, 1.82) is 0 Å². The largest absolute Gasteiger partial charge is 0.508 e. The molecule has 5 atom stereocenters. The van der Waals surface area contributed by atoms with Gasteiger partial charge in [0.1, 0.15) is 30.0 Å². The van der Waals surface area contributed by atoms with E-state index in [-0.39, 0.29) is 15.9 Å². The smallest absolute Gasteiger partial charge is 0.182 e. The van der Waals surface area contributed by atoms with Gasteiger partial charge in [0.2, 0.25) is 0 Å². The summed E-state index contributed by atoms with van der Waals surface area (Å²) in [5.74, 6) is 1.63. The minimum atomic E-state index is -0.694. The lowest BCUT2D eigenvalue weighted by molar-refractivity contribution is 0.166. The summed E-state index contributed by atoms with van der Waals surface area (Å²) < 4.78 is 27.1. The Hall–Kier alpha value is -2.90. The van der Waals surface area contributed by atoms with E-state index in [0.717, 1.165) is 30.0 Å². The molecule has 5 rings (SSSR count). The number of rotatable bonds is 6. The second-order valence-corrected chi connectivity index (χ2v) is 11.2.